The van der Waals surface area contributed by atoms with Gasteiger partial charge in [-0.1, -0.05) is 36.4 Å². The number of allylic oxidation sites excluding steroid dienone is 1. The zero-order valence-corrected chi connectivity index (χ0v) is 15.0. The fourth-order valence-corrected chi connectivity index (χ4v) is 3.55. The Labute approximate surface area is 150 Å². The highest BCUT2D eigenvalue weighted by Crippen LogP contribution is 2.26. The molecule has 0 bridgehead atoms. The van der Waals surface area contributed by atoms with Crippen molar-refractivity contribution in [2.75, 3.05) is 11.4 Å². The van der Waals surface area contributed by atoms with Crippen LogP contribution in [0, 0.1) is 0 Å². The van der Waals surface area contributed by atoms with Crippen molar-refractivity contribution in [3.05, 3.63) is 68.4 Å². The highest BCUT2D eigenvalue weighted by molar-refractivity contribution is 5.74. The van der Waals surface area contributed by atoms with Crippen molar-refractivity contribution in [1.82, 2.24) is 19.1 Å². The Balaban J connectivity index is 1.91. The lowest BCUT2D eigenvalue weighted by Gasteiger charge is -2.30. The summed E-state index contributed by atoms with van der Waals surface area (Å²) in [5.74, 6) is 0.698. The lowest BCUT2D eigenvalue weighted by Crippen LogP contribution is -2.33. The van der Waals surface area contributed by atoms with Crippen molar-refractivity contribution in [2.24, 2.45) is 7.05 Å². The molecule has 0 saturated heterocycles. The summed E-state index contributed by atoms with van der Waals surface area (Å²) in [7, 11) is 1.62. The predicted molar refractivity (Wildman–Crippen MR) is 102 cm³/mol. The second-order valence-electron chi connectivity index (χ2n) is 6.89. The van der Waals surface area contributed by atoms with Crippen molar-refractivity contribution >= 4 is 17.1 Å². The third kappa shape index (κ3) is 2.56. The van der Waals surface area contributed by atoms with Gasteiger partial charge in [-0.05, 0) is 24.5 Å². The normalized spacial score (nSPS) is 13.8. The van der Waals surface area contributed by atoms with E-state index in [1.54, 1.807) is 7.05 Å². The molecule has 1 N–H and O–H groups in total. The maximum absolute atomic E-state index is 12.5. The van der Waals surface area contributed by atoms with Crippen LogP contribution < -0.4 is 16.1 Å². The fraction of sp³-hybridized carbons (Fsp3) is 0.316. The van der Waals surface area contributed by atoms with E-state index in [4.69, 9.17) is 0 Å². The van der Waals surface area contributed by atoms with Gasteiger partial charge < -0.3 is 9.47 Å². The fourth-order valence-electron chi connectivity index (χ4n) is 3.55. The van der Waals surface area contributed by atoms with E-state index in [1.165, 1.54) is 15.7 Å². The van der Waals surface area contributed by atoms with E-state index in [2.05, 4.69) is 39.6 Å². The molecule has 0 atom stereocenters. The molecule has 1 aliphatic heterocycles. The van der Waals surface area contributed by atoms with Gasteiger partial charge in [-0.3, -0.25) is 14.3 Å². The third-order valence-corrected chi connectivity index (χ3v) is 4.83. The zero-order chi connectivity index (χ0) is 18.4. The van der Waals surface area contributed by atoms with Crippen molar-refractivity contribution in [3.8, 4) is 0 Å². The molecule has 2 aromatic heterocycles. The van der Waals surface area contributed by atoms with E-state index in [1.807, 2.05) is 17.6 Å². The minimum atomic E-state index is -0.460. The van der Waals surface area contributed by atoms with Crippen LogP contribution in [0.25, 0.3) is 11.2 Å². The molecule has 4 rings (SSSR count). The Morgan fingerprint density at radius 1 is 1.27 bits per heavy atom. The van der Waals surface area contributed by atoms with E-state index < -0.39 is 11.2 Å². The summed E-state index contributed by atoms with van der Waals surface area (Å²) in [4.78, 5) is 33.6. The molecular weight excluding hydrogens is 330 g/mol. The monoisotopic (exact) mass is 351 g/mol. The quantitative estimate of drug-likeness (QED) is 0.727. The molecule has 0 saturated carbocycles. The smallest absolute Gasteiger partial charge is 0.329 e. The molecule has 3 aromatic rings. The number of rotatable bonds is 3. The number of anilines is 1. The average Bonchev–Trinajstić information content (AvgIpc) is 2.98. The largest absolute Gasteiger partial charge is 0.337 e. The number of aromatic nitrogens is 4. The molecule has 3 heterocycles. The molecule has 1 aliphatic rings. The van der Waals surface area contributed by atoms with Gasteiger partial charge in [0.2, 0.25) is 5.95 Å². The van der Waals surface area contributed by atoms with Crippen molar-refractivity contribution in [2.45, 2.75) is 26.4 Å². The number of benzene rings is 1. The summed E-state index contributed by atoms with van der Waals surface area (Å²) >= 11 is 0. The molecule has 1 aromatic carbocycles. The standard InChI is InChI=1S/C19H21N5O2/c1-12(2)10-24-15-16(22(3)19(26)21-17(15)25)20-18(24)23-9-8-13-6-4-5-7-14(13)11-23/h4-7H,1,8-11H2,2-3H3,(H,21,25,26). The lowest BCUT2D eigenvalue weighted by molar-refractivity contribution is 0.674. The van der Waals surface area contributed by atoms with Gasteiger partial charge in [0.25, 0.3) is 5.56 Å². The molecule has 0 radical (unpaired) electrons. The van der Waals surface area contributed by atoms with Crippen LogP contribution in [0.15, 0.2) is 46.0 Å². The topological polar surface area (TPSA) is 75.9 Å². The van der Waals surface area contributed by atoms with Crippen molar-refractivity contribution in [3.63, 3.8) is 0 Å². The van der Waals surface area contributed by atoms with Crippen LogP contribution in [0.4, 0.5) is 5.95 Å². The first-order valence-electron chi connectivity index (χ1n) is 8.61. The zero-order valence-electron chi connectivity index (χ0n) is 15.0. The maximum Gasteiger partial charge on any atom is 0.329 e. The molecule has 0 spiro atoms. The average molecular weight is 351 g/mol. The minimum Gasteiger partial charge on any atom is -0.337 e. The first-order valence-corrected chi connectivity index (χ1v) is 8.61. The second-order valence-corrected chi connectivity index (χ2v) is 6.89. The van der Waals surface area contributed by atoms with Gasteiger partial charge in [-0.25, -0.2) is 4.79 Å². The molecule has 0 aliphatic carbocycles. The van der Waals surface area contributed by atoms with Crippen LogP contribution in [0.2, 0.25) is 0 Å². The molecule has 0 fully saturated rings. The Morgan fingerprint density at radius 3 is 2.73 bits per heavy atom. The van der Waals surface area contributed by atoms with Crippen LogP contribution >= 0.6 is 0 Å². The van der Waals surface area contributed by atoms with E-state index >= 15 is 0 Å². The summed E-state index contributed by atoms with van der Waals surface area (Å²) in [6, 6.07) is 8.36. The van der Waals surface area contributed by atoms with Gasteiger partial charge >= 0.3 is 5.69 Å². The van der Waals surface area contributed by atoms with Gasteiger partial charge in [0, 0.05) is 26.7 Å². The summed E-state index contributed by atoms with van der Waals surface area (Å²) in [6.45, 7) is 7.90. The van der Waals surface area contributed by atoms with Crippen LogP contribution in [-0.4, -0.2) is 25.6 Å². The van der Waals surface area contributed by atoms with Gasteiger partial charge in [0.15, 0.2) is 11.2 Å². The minimum absolute atomic E-state index is 0.397. The van der Waals surface area contributed by atoms with Gasteiger partial charge in [-0.15, -0.1) is 0 Å². The number of hydrogen-bond acceptors (Lipinski definition) is 4. The maximum atomic E-state index is 12.5. The van der Waals surface area contributed by atoms with E-state index in [9.17, 15) is 9.59 Å². The molecule has 134 valence electrons. The Kier molecular flexibility index (Phi) is 3.79. The number of nitrogens with zero attached hydrogens (tertiary/aromatic N) is 4. The van der Waals surface area contributed by atoms with Crippen molar-refractivity contribution in [1.29, 1.82) is 0 Å². The Morgan fingerprint density at radius 2 is 2.00 bits per heavy atom. The van der Waals surface area contributed by atoms with Crippen LogP contribution in [-0.2, 0) is 26.6 Å². The predicted octanol–water partition coefficient (Wildman–Crippen LogP) is 1.56. The lowest BCUT2D eigenvalue weighted by atomic mass is 10.0. The van der Waals surface area contributed by atoms with Gasteiger partial charge in [-0.2, -0.15) is 4.98 Å². The molecular formula is C19H21N5O2. The number of aromatic amines is 1. The van der Waals surface area contributed by atoms with Crippen LogP contribution in [0.1, 0.15) is 18.1 Å². The highest BCUT2D eigenvalue weighted by atomic mass is 16.2. The molecule has 0 amide bonds. The summed E-state index contributed by atoms with van der Waals surface area (Å²) in [6.07, 6.45) is 0.918. The summed E-state index contributed by atoms with van der Waals surface area (Å²) < 4.78 is 3.25. The van der Waals surface area contributed by atoms with Crippen LogP contribution in [0.3, 0.4) is 0 Å². The SMILES string of the molecule is C=C(C)Cn1c(N2CCc3ccccc3C2)nc2c1c(=O)[nH]c(=O)n2C. The number of nitrogens with one attached hydrogen (secondary N) is 1. The van der Waals surface area contributed by atoms with Crippen molar-refractivity contribution < 1.29 is 0 Å². The number of H-pyrrole nitrogens is 1. The first-order chi connectivity index (χ1) is 12.5. The Bertz CT molecular complexity index is 1140. The first kappa shape index (κ1) is 16.4. The van der Waals surface area contributed by atoms with Crippen LogP contribution in [0.5, 0.6) is 0 Å². The number of fused-ring (bicyclic) bond motifs is 2. The second kappa shape index (κ2) is 6.01. The van der Waals surface area contributed by atoms with E-state index in [0.29, 0.717) is 23.7 Å². The molecule has 7 nitrogen and oxygen atoms in total. The number of aryl methyl sites for hydroxylation is 1. The summed E-state index contributed by atoms with van der Waals surface area (Å²) in [5.41, 5.74) is 3.44. The molecule has 7 heteroatoms. The van der Waals surface area contributed by atoms with E-state index in [-0.39, 0.29) is 0 Å². The van der Waals surface area contributed by atoms with Gasteiger partial charge in [0.05, 0.1) is 0 Å². The Hall–Kier alpha value is -3.09. The molecule has 0 unspecified atom stereocenters. The van der Waals surface area contributed by atoms with E-state index in [0.717, 1.165) is 25.1 Å². The molecule has 26 heavy (non-hydrogen) atoms. The summed E-state index contributed by atoms with van der Waals surface area (Å²) in [5, 5.41) is 0. The third-order valence-electron chi connectivity index (χ3n) is 4.83. The van der Waals surface area contributed by atoms with Gasteiger partial charge in [0.1, 0.15) is 0 Å². The number of hydrogen-bond donors (Lipinski definition) is 1. The highest BCUT2D eigenvalue weighted by Gasteiger charge is 2.24. The number of imidazole rings is 1.